The molecule has 2 aromatic rings. The zero-order valence-electron chi connectivity index (χ0n) is 13.2. The molecule has 0 saturated heterocycles. The largest absolute Gasteiger partial charge is 0.484 e. The smallest absolute Gasteiger partial charge is 0.260 e. The normalized spacial score (nSPS) is 10.5. The van der Waals surface area contributed by atoms with E-state index in [0.717, 1.165) is 5.56 Å². The first-order valence-electron chi connectivity index (χ1n) is 7.51. The van der Waals surface area contributed by atoms with Gasteiger partial charge in [0.05, 0.1) is 0 Å². The van der Waals surface area contributed by atoms with Crippen LogP contribution in [0.2, 0.25) is 0 Å². The third-order valence-electron chi connectivity index (χ3n) is 3.35. The lowest BCUT2D eigenvalue weighted by Gasteiger charge is -2.18. The Morgan fingerprint density at radius 1 is 1.14 bits per heavy atom. The number of rotatable bonds is 7. The molecule has 0 bridgehead atoms. The molecule has 118 valence electrons. The summed E-state index contributed by atoms with van der Waals surface area (Å²) in [5, 5.41) is 7.92. The molecule has 0 atom stereocenters. The Balaban J connectivity index is 1.96. The molecule has 0 fully saturated rings. The molecule has 0 unspecified atom stereocenters. The Bertz CT molecular complexity index is 603. The SMILES string of the molecule is CCc1nnc(-c2ccc(OCC(=O)N(CC)CC)cc2)o1. The molecule has 0 aliphatic carbocycles. The monoisotopic (exact) mass is 303 g/mol. The van der Waals surface area contributed by atoms with Crippen LogP contribution in [-0.4, -0.2) is 40.7 Å². The molecule has 0 spiro atoms. The van der Waals surface area contributed by atoms with Crippen molar-refractivity contribution in [2.24, 2.45) is 0 Å². The van der Waals surface area contributed by atoms with Crippen molar-refractivity contribution in [1.29, 1.82) is 0 Å². The zero-order chi connectivity index (χ0) is 15.9. The minimum Gasteiger partial charge on any atom is -0.484 e. The van der Waals surface area contributed by atoms with Crippen LogP contribution < -0.4 is 4.74 Å². The molecule has 2 rings (SSSR count). The molecule has 0 N–H and O–H groups in total. The van der Waals surface area contributed by atoms with E-state index in [0.29, 0.717) is 37.0 Å². The Morgan fingerprint density at radius 3 is 2.36 bits per heavy atom. The number of ether oxygens (including phenoxy) is 1. The first kappa shape index (κ1) is 16.0. The third kappa shape index (κ3) is 3.84. The van der Waals surface area contributed by atoms with E-state index in [9.17, 15) is 4.79 Å². The number of benzene rings is 1. The predicted octanol–water partition coefficient (Wildman–Crippen LogP) is 2.55. The second-order valence-electron chi connectivity index (χ2n) is 4.73. The molecule has 0 saturated carbocycles. The molecule has 6 heteroatoms. The van der Waals surface area contributed by atoms with Crippen molar-refractivity contribution in [3.63, 3.8) is 0 Å². The van der Waals surface area contributed by atoms with Crippen LogP contribution in [0.4, 0.5) is 0 Å². The number of amides is 1. The van der Waals surface area contributed by atoms with Crippen LogP contribution >= 0.6 is 0 Å². The summed E-state index contributed by atoms with van der Waals surface area (Å²) in [4.78, 5) is 13.6. The van der Waals surface area contributed by atoms with E-state index >= 15 is 0 Å². The fraction of sp³-hybridized carbons (Fsp3) is 0.438. The second kappa shape index (κ2) is 7.59. The topological polar surface area (TPSA) is 68.5 Å². The highest BCUT2D eigenvalue weighted by molar-refractivity contribution is 5.77. The zero-order valence-corrected chi connectivity index (χ0v) is 13.2. The lowest BCUT2D eigenvalue weighted by Crippen LogP contribution is -2.34. The number of aryl methyl sites for hydroxylation is 1. The molecular weight excluding hydrogens is 282 g/mol. The lowest BCUT2D eigenvalue weighted by atomic mass is 10.2. The summed E-state index contributed by atoms with van der Waals surface area (Å²) in [6, 6.07) is 7.26. The maximum absolute atomic E-state index is 11.9. The average molecular weight is 303 g/mol. The van der Waals surface area contributed by atoms with Crippen LogP contribution in [0, 0.1) is 0 Å². The van der Waals surface area contributed by atoms with Gasteiger partial charge in [0.15, 0.2) is 6.61 Å². The highest BCUT2D eigenvalue weighted by atomic mass is 16.5. The van der Waals surface area contributed by atoms with Crippen LogP contribution in [0.3, 0.4) is 0 Å². The van der Waals surface area contributed by atoms with Crippen molar-refractivity contribution in [1.82, 2.24) is 15.1 Å². The van der Waals surface area contributed by atoms with E-state index in [1.807, 2.05) is 32.9 Å². The van der Waals surface area contributed by atoms with Crippen LogP contribution in [-0.2, 0) is 11.2 Å². The number of hydrogen-bond acceptors (Lipinski definition) is 5. The van der Waals surface area contributed by atoms with Crippen molar-refractivity contribution in [3.8, 4) is 17.2 Å². The van der Waals surface area contributed by atoms with Gasteiger partial charge in [-0.1, -0.05) is 6.92 Å². The molecule has 0 aliphatic rings. The molecule has 0 aliphatic heterocycles. The Morgan fingerprint density at radius 2 is 1.82 bits per heavy atom. The Labute approximate surface area is 130 Å². The van der Waals surface area contributed by atoms with Gasteiger partial charge in [0.1, 0.15) is 5.75 Å². The minimum atomic E-state index is -0.0152. The molecule has 0 radical (unpaired) electrons. The summed E-state index contributed by atoms with van der Waals surface area (Å²) in [5.41, 5.74) is 0.828. The summed E-state index contributed by atoms with van der Waals surface area (Å²) >= 11 is 0. The summed E-state index contributed by atoms with van der Waals surface area (Å²) in [6.45, 7) is 7.28. The Hall–Kier alpha value is -2.37. The summed E-state index contributed by atoms with van der Waals surface area (Å²) in [7, 11) is 0. The summed E-state index contributed by atoms with van der Waals surface area (Å²) < 4.78 is 11.0. The molecule has 1 amide bonds. The van der Waals surface area contributed by atoms with Gasteiger partial charge in [-0.15, -0.1) is 10.2 Å². The molecule has 22 heavy (non-hydrogen) atoms. The van der Waals surface area contributed by atoms with Crippen LogP contribution in [0.1, 0.15) is 26.7 Å². The van der Waals surface area contributed by atoms with Crippen molar-refractivity contribution >= 4 is 5.91 Å². The lowest BCUT2D eigenvalue weighted by molar-refractivity contribution is -0.132. The quantitative estimate of drug-likeness (QED) is 0.786. The molecular formula is C16H21N3O3. The van der Waals surface area contributed by atoms with E-state index in [-0.39, 0.29) is 12.5 Å². The van der Waals surface area contributed by atoms with Gasteiger partial charge in [0, 0.05) is 25.1 Å². The van der Waals surface area contributed by atoms with Gasteiger partial charge < -0.3 is 14.1 Å². The van der Waals surface area contributed by atoms with E-state index in [2.05, 4.69) is 10.2 Å². The van der Waals surface area contributed by atoms with E-state index in [1.165, 1.54) is 0 Å². The minimum absolute atomic E-state index is 0.0152. The number of nitrogens with zero attached hydrogens (tertiary/aromatic N) is 3. The molecule has 1 aromatic carbocycles. The van der Waals surface area contributed by atoms with E-state index in [4.69, 9.17) is 9.15 Å². The fourth-order valence-electron chi connectivity index (χ4n) is 2.02. The number of hydrogen-bond donors (Lipinski definition) is 0. The van der Waals surface area contributed by atoms with E-state index in [1.54, 1.807) is 17.0 Å². The predicted molar refractivity (Wildman–Crippen MR) is 82.5 cm³/mol. The van der Waals surface area contributed by atoms with Gasteiger partial charge in [-0.3, -0.25) is 4.79 Å². The van der Waals surface area contributed by atoms with Crippen LogP contribution in [0.15, 0.2) is 28.7 Å². The molecule has 1 heterocycles. The van der Waals surface area contributed by atoms with Gasteiger partial charge in [-0.2, -0.15) is 0 Å². The first-order chi connectivity index (χ1) is 10.7. The van der Waals surface area contributed by atoms with Gasteiger partial charge in [0.25, 0.3) is 5.91 Å². The summed E-state index contributed by atoms with van der Waals surface area (Å²) in [6.07, 6.45) is 0.710. The first-order valence-corrected chi connectivity index (χ1v) is 7.51. The number of likely N-dealkylation sites (N-methyl/N-ethyl adjacent to an activating group) is 1. The number of aromatic nitrogens is 2. The second-order valence-corrected chi connectivity index (χ2v) is 4.73. The van der Waals surface area contributed by atoms with Crippen molar-refractivity contribution in [3.05, 3.63) is 30.2 Å². The number of carbonyl (C=O) groups is 1. The molecule has 1 aromatic heterocycles. The van der Waals surface area contributed by atoms with Gasteiger partial charge in [-0.05, 0) is 38.1 Å². The van der Waals surface area contributed by atoms with Gasteiger partial charge in [-0.25, -0.2) is 0 Å². The highest BCUT2D eigenvalue weighted by Gasteiger charge is 2.11. The van der Waals surface area contributed by atoms with Crippen molar-refractivity contribution in [2.45, 2.75) is 27.2 Å². The van der Waals surface area contributed by atoms with Gasteiger partial charge in [0.2, 0.25) is 11.8 Å². The number of carbonyl (C=O) groups excluding carboxylic acids is 1. The fourth-order valence-corrected chi connectivity index (χ4v) is 2.02. The average Bonchev–Trinajstić information content (AvgIpc) is 3.03. The van der Waals surface area contributed by atoms with Crippen molar-refractivity contribution < 1.29 is 13.9 Å². The van der Waals surface area contributed by atoms with Gasteiger partial charge >= 0.3 is 0 Å². The maximum atomic E-state index is 11.9. The van der Waals surface area contributed by atoms with Crippen LogP contribution in [0.5, 0.6) is 5.75 Å². The highest BCUT2D eigenvalue weighted by Crippen LogP contribution is 2.21. The van der Waals surface area contributed by atoms with Crippen LogP contribution in [0.25, 0.3) is 11.5 Å². The third-order valence-corrected chi connectivity index (χ3v) is 3.35. The van der Waals surface area contributed by atoms with E-state index < -0.39 is 0 Å². The standard InChI is InChI=1S/C16H21N3O3/c1-4-14-17-18-16(22-14)12-7-9-13(10-8-12)21-11-15(20)19(5-2)6-3/h7-10H,4-6,11H2,1-3H3. The van der Waals surface area contributed by atoms with Crippen molar-refractivity contribution in [2.75, 3.05) is 19.7 Å². The molecule has 6 nitrogen and oxygen atoms in total. The maximum Gasteiger partial charge on any atom is 0.260 e. The summed E-state index contributed by atoms with van der Waals surface area (Å²) in [5.74, 6) is 1.72. The Kier molecular flexibility index (Phi) is 5.52.